The van der Waals surface area contributed by atoms with Crippen LogP contribution in [0.4, 0.5) is 0 Å². The lowest BCUT2D eigenvalue weighted by atomic mass is 10.0. The minimum atomic E-state index is -0.219. The molecule has 0 aliphatic heterocycles. The van der Waals surface area contributed by atoms with Crippen molar-refractivity contribution in [3.63, 3.8) is 0 Å². The fourth-order valence-corrected chi connectivity index (χ4v) is 4.55. The summed E-state index contributed by atoms with van der Waals surface area (Å²) in [6.07, 6.45) is 2.82. The number of carbonyl (C=O) groups is 2. The number of ether oxygens (including phenoxy) is 1. The lowest BCUT2D eigenvalue weighted by molar-refractivity contribution is -0.143. The van der Waals surface area contributed by atoms with Gasteiger partial charge in [-0.15, -0.1) is 0 Å². The summed E-state index contributed by atoms with van der Waals surface area (Å²) in [4.78, 5) is 29.3. The number of nitrogens with zero attached hydrogens (tertiary/aromatic N) is 3. The summed E-state index contributed by atoms with van der Waals surface area (Å²) < 4.78 is 12.8. The highest BCUT2D eigenvalue weighted by molar-refractivity contribution is 5.94. The Kier molecular flexibility index (Phi) is 8.69. The third-order valence-corrected chi connectivity index (χ3v) is 6.68. The fraction of sp³-hybridized carbons (Fsp3) is 0.212. The van der Waals surface area contributed by atoms with Crippen LogP contribution in [0.25, 0.3) is 22.7 Å². The minimum absolute atomic E-state index is 0.188. The van der Waals surface area contributed by atoms with Crippen LogP contribution in [0.3, 0.4) is 0 Å². The van der Waals surface area contributed by atoms with Gasteiger partial charge in [0.1, 0.15) is 11.5 Å². The molecular formula is C33H32N4O4. The summed E-state index contributed by atoms with van der Waals surface area (Å²) in [6.45, 7) is 4.82. The molecule has 8 nitrogen and oxygen atoms in total. The number of amides is 1. The van der Waals surface area contributed by atoms with Gasteiger partial charge in [-0.3, -0.25) is 14.3 Å². The van der Waals surface area contributed by atoms with Crippen molar-refractivity contribution < 1.29 is 18.7 Å². The number of esters is 1. The van der Waals surface area contributed by atoms with E-state index in [0.29, 0.717) is 48.9 Å². The summed E-state index contributed by atoms with van der Waals surface area (Å²) in [7, 11) is 0. The fourth-order valence-electron chi connectivity index (χ4n) is 4.55. The van der Waals surface area contributed by atoms with E-state index in [9.17, 15) is 9.59 Å². The van der Waals surface area contributed by atoms with Crippen LogP contribution in [-0.2, 0) is 29.0 Å². The highest BCUT2D eigenvalue weighted by Gasteiger charge is 2.15. The number of hydrogen-bond donors (Lipinski definition) is 1. The number of aryl methyl sites for hydroxylation is 2. The van der Waals surface area contributed by atoms with Gasteiger partial charge in [0.25, 0.3) is 5.91 Å². The van der Waals surface area contributed by atoms with E-state index in [1.807, 2.05) is 90.6 Å². The predicted octanol–water partition coefficient (Wildman–Crippen LogP) is 5.99. The van der Waals surface area contributed by atoms with Crippen molar-refractivity contribution in [1.82, 2.24) is 20.1 Å². The smallest absolute Gasteiger partial charge is 0.306 e. The molecule has 208 valence electrons. The van der Waals surface area contributed by atoms with Gasteiger partial charge in [-0.2, -0.15) is 5.10 Å². The molecule has 0 bridgehead atoms. The molecule has 5 aromatic rings. The maximum absolute atomic E-state index is 12.8. The molecule has 5 rings (SSSR count). The van der Waals surface area contributed by atoms with Gasteiger partial charge in [0.2, 0.25) is 5.89 Å². The summed E-state index contributed by atoms with van der Waals surface area (Å²) >= 11 is 0. The molecule has 3 aromatic carbocycles. The Morgan fingerprint density at radius 2 is 1.61 bits per heavy atom. The van der Waals surface area contributed by atoms with E-state index in [1.165, 1.54) is 0 Å². The molecule has 0 aliphatic carbocycles. The van der Waals surface area contributed by atoms with E-state index >= 15 is 0 Å². The van der Waals surface area contributed by atoms with Gasteiger partial charge in [-0.25, -0.2) is 4.98 Å². The summed E-state index contributed by atoms with van der Waals surface area (Å²) in [6, 6.07) is 27.1. The first-order chi connectivity index (χ1) is 20.0. The zero-order chi connectivity index (χ0) is 28.6. The Balaban J connectivity index is 1.23. The lowest BCUT2D eigenvalue weighted by Crippen LogP contribution is -2.23. The number of hydrogen-bond acceptors (Lipinski definition) is 6. The molecule has 0 aliphatic rings. The molecule has 1 N–H and O–H groups in total. The largest absolute Gasteiger partial charge is 0.466 e. The first kappa shape index (κ1) is 27.6. The first-order valence-corrected chi connectivity index (χ1v) is 13.7. The normalized spacial score (nSPS) is 10.9. The molecule has 8 heteroatoms. The third kappa shape index (κ3) is 6.97. The molecule has 2 aromatic heterocycles. The number of rotatable bonds is 11. The number of aromatic nitrogens is 3. The van der Waals surface area contributed by atoms with Gasteiger partial charge in [-0.1, -0.05) is 60.7 Å². The van der Waals surface area contributed by atoms with Crippen LogP contribution in [0, 0.1) is 6.92 Å². The van der Waals surface area contributed by atoms with E-state index in [4.69, 9.17) is 14.3 Å². The van der Waals surface area contributed by atoms with Crippen LogP contribution in [0.15, 0.2) is 95.5 Å². The van der Waals surface area contributed by atoms with E-state index in [0.717, 1.165) is 27.9 Å². The van der Waals surface area contributed by atoms with Crippen LogP contribution >= 0.6 is 0 Å². The van der Waals surface area contributed by atoms with Crippen molar-refractivity contribution in [2.75, 3.05) is 6.61 Å². The van der Waals surface area contributed by atoms with Crippen LogP contribution in [0.1, 0.15) is 46.3 Å². The van der Waals surface area contributed by atoms with Crippen molar-refractivity contribution in [3.05, 3.63) is 119 Å². The molecule has 1 amide bonds. The average molecular weight is 549 g/mol. The van der Waals surface area contributed by atoms with Crippen molar-refractivity contribution in [2.24, 2.45) is 0 Å². The van der Waals surface area contributed by atoms with Gasteiger partial charge in [0, 0.05) is 29.3 Å². The second-order valence-corrected chi connectivity index (χ2v) is 9.64. The lowest BCUT2D eigenvalue weighted by Gasteiger charge is -2.06. The molecule has 0 unspecified atom stereocenters. The Morgan fingerprint density at radius 3 is 2.29 bits per heavy atom. The second-order valence-electron chi connectivity index (χ2n) is 9.64. The van der Waals surface area contributed by atoms with Crippen molar-refractivity contribution in [3.8, 4) is 22.7 Å². The molecule has 0 fully saturated rings. The molecule has 41 heavy (non-hydrogen) atoms. The summed E-state index contributed by atoms with van der Waals surface area (Å²) in [5, 5.41) is 7.76. The monoisotopic (exact) mass is 548 g/mol. The predicted molar refractivity (Wildman–Crippen MR) is 156 cm³/mol. The van der Waals surface area contributed by atoms with E-state index in [-0.39, 0.29) is 18.4 Å². The zero-order valence-electron chi connectivity index (χ0n) is 23.2. The first-order valence-electron chi connectivity index (χ1n) is 13.7. The number of oxazole rings is 1. The third-order valence-electron chi connectivity index (χ3n) is 6.68. The standard InChI is InChI=1S/C33H32N4O4/c1-3-40-30(38)19-18-28-22-37(36-31(28)25-10-6-4-7-11-25)21-24-14-16-26(17-15-24)32(39)34-20-29-23(2)41-33(35-29)27-12-8-5-9-13-27/h4-17,22H,3,18-21H2,1-2H3,(H,34,39). The van der Waals surface area contributed by atoms with Crippen molar-refractivity contribution in [2.45, 2.75) is 39.8 Å². The second kappa shape index (κ2) is 12.9. The van der Waals surface area contributed by atoms with Crippen LogP contribution in [0.5, 0.6) is 0 Å². The Morgan fingerprint density at radius 1 is 0.927 bits per heavy atom. The molecular weight excluding hydrogens is 516 g/mol. The molecule has 0 saturated heterocycles. The molecule has 0 spiro atoms. The maximum Gasteiger partial charge on any atom is 0.306 e. The summed E-state index contributed by atoms with van der Waals surface area (Å²) in [5.41, 5.74) is 5.97. The van der Waals surface area contributed by atoms with Gasteiger partial charge < -0.3 is 14.5 Å². The number of benzene rings is 3. The van der Waals surface area contributed by atoms with E-state index < -0.39 is 0 Å². The van der Waals surface area contributed by atoms with Gasteiger partial charge in [-0.05, 0) is 55.7 Å². The van der Waals surface area contributed by atoms with E-state index in [2.05, 4.69) is 10.3 Å². The Hall–Kier alpha value is -4.98. The topological polar surface area (TPSA) is 99.2 Å². The molecule has 0 atom stereocenters. The van der Waals surface area contributed by atoms with E-state index in [1.54, 1.807) is 19.1 Å². The van der Waals surface area contributed by atoms with Gasteiger partial charge >= 0.3 is 5.97 Å². The maximum atomic E-state index is 12.8. The summed E-state index contributed by atoms with van der Waals surface area (Å²) in [5.74, 6) is 0.806. The van der Waals surface area contributed by atoms with Crippen molar-refractivity contribution >= 4 is 11.9 Å². The minimum Gasteiger partial charge on any atom is -0.466 e. The van der Waals surface area contributed by atoms with Crippen LogP contribution in [-0.4, -0.2) is 33.2 Å². The van der Waals surface area contributed by atoms with Gasteiger partial charge in [0.15, 0.2) is 0 Å². The number of nitrogens with one attached hydrogen (secondary N) is 1. The van der Waals surface area contributed by atoms with Crippen LogP contribution < -0.4 is 5.32 Å². The zero-order valence-corrected chi connectivity index (χ0v) is 23.2. The van der Waals surface area contributed by atoms with Crippen molar-refractivity contribution in [1.29, 1.82) is 0 Å². The quantitative estimate of drug-likeness (QED) is 0.204. The highest BCUT2D eigenvalue weighted by atomic mass is 16.5. The Labute approximate surface area is 239 Å². The highest BCUT2D eigenvalue weighted by Crippen LogP contribution is 2.24. The average Bonchev–Trinajstić information content (AvgIpc) is 3.59. The molecule has 0 radical (unpaired) electrons. The number of carbonyl (C=O) groups excluding carboxylic acids is 2. The molecule has 2 heterocycles. The van der Waals surface area contributed by atoms with Crippen LogP contribution in [0.2, 0.25) is 0 Å². The molecule has 0 saturated carbocycles. The van der Waals surface area contributed by atoms with Gasteiger partial charge in [0.05, 0.1) is 25.4 Å². The SMILES string of the molecule is CCOC(=O)CCc1cn(Cc2ccc(C(=O)NCc3nc(-c4ccccc4)oc3C)cc2)nc1-c1ccccc1. The Bertz CT molecular complexity index is 1610.